The van der Waals surface area contributed by atoms with Crippen molar-refractivity contribution in [3.63, 3.8) is 0 Å². The van der Waals surface area contributed by atoms with Crippen LogP contribution in [0.3, 0.4) is 0 Å². The van der Waals surface area contributed by atoms with Crippen molar-refractivity contribution in [3.8, 4) is 0 Å². The Morgan fingerprint density at radius 3 is 3.15 bits per heavy atom. The van der Waals surface area contributed by atoms with Crippen LogP contribution in [0.5, 0.6) is 0 Å². The highest BCUT2D eigenvalue weighted by atomic mass is 32.2. The first-order chi connectivity index (χ1) is 12.6. The fourth-order valence-corrected chi connectivity index (χ4v) is 5.29. The van der Waals surface area contributed by atoms with Gasteiger partial charge < -0.3 is 14.3 Å². The summed E-state index contributed by atoms with van der Waals surface area (Å²) in [7, 11) is 1.75. The van der Waals surface area contributed by atoms with E-state index in [1.807, 2.05) is 6.07 Å². The molecule has 0 atom stereocenters. The topological polar surface area (TPSA) is 79.2 Å². The van der Waals surface area contributed by atoms with Crippen LogP contribution in [0.1, 0.15) is 28.4 Å². The highest BCUT2D eigenvalue weighted by Gasteiger charge is 2.21. The predicted molar refractivity (Wildman–Crippen MR) is 104 cm³/mol. The highest BCUT2D eigenvalue weighted by molar-refractivity contribution is 7.99. The minimum absolute atomic E-state index is 0.0184. The van der Waals surface area contributed by atoms with Gasteiger partial charge in [0.25, 0.3) is 5.56 Å². The van der Waals surface area contributed by atoms with Gasteiger partial charge >= 0.3 is 0 Å². The van der Waals surface area contributed by atoms with Crippen molar-refractivity contribution in [2.75, 3.05) is 12.8 Å². The molecule has 6 nitrogen and oxygen atoms in total. The lowest BCUT2D eigenvalue weighted by molar-refractivity contribution is -0.127. The summed E-state index contributed by atoms with van der Waals surface area (Å²) in [5.74, 6) is 2.25. The minimum Gasteiger partial charge on any atom is -0.467 e. The molecule has 0 fully saturated rings. The second-order valence-corrected chi connectivity index (χ2v) is 8.44. The number of aromatic nitrogens is 2. The van der Waals surface area contributed by atoms with Crippen LogP contribution < -0.4 is 5.56 Å². The normalized spacial score (nSPS) is 13.3. The highest BCUT2D eigenvalue weighted by Crippen LogP contribution is 2.34. The second kappa shape index (κ2) is 7.28. The fourth-order valence-electron chi connectivity index (χ4n) is 3.18. The number of amides is 1. The van der Waals surface area contributed by atoms with Crippen molar-refractivity contribution in [3.05, 3.63) is 50.8 Å². The summed E-state index contributed by atoms with van der Waals surface area (Å²) < 4.78 is 5.26. The molecule has 1 aliphatic rings. The van der Waals surface area contributed by atoms with Gasteiger partial charge in [-0.05, 0) is 37.0 Å². The smallest absolute Gasteiger partial charge is 0.259 e. The van der Waals surface area contributed by atoms with Crippen LogP contribution in [0.15, 0.2) is 27.6 Å². The molecule has 0 bridgehead atoms. The van der Waals surface area contributed by atoms with Crippen LogP contribution in [0.4, 0.5) is 0 Å². The van der Waals surface area contributed by atoms with Crippen LogP contribution in [-0.2, 0) is 29.9 Å². The van der Waals surface area contributed by atoms with Gasteiger partial charge in [0.1, 0.15) is 16.4 Å². The standard InChI is InChI=1S/C18H19N3O3S2/c1-21(8-11-4-3-7-24-11)15(22)10-25-9-14-19-17(23)16-12-5-2-6-13(12)26-18(16)20-14/h3-4,7H,2,5-6,8-10H2,1H3,(H,19,20,23). The first kappa shape index (κ1) is 17.4. The van der Waals surface area contributed by atoms with Gasteiger partial charge in [-0.15, -0.1) is 23.1 Å². The summed E-state index contributed by atoms with van der Waals surface area (Å²) in [5, 5.41) is 0.769. The van der Waals surface area contributed by atoms with E-state index in [9.17, 15) is 9.59 Å². The number of fused-ring (bicyclic) bond motifs is 3. The van der Waals surface area contributed by atoms with E-state index in [0.717, 1.165) is 35.2 Å². The Hall–Kier alpha value is -2.06. The Morgan fingerprint density at radius 1 is 1.46 bits per heavy atom. The zero-order chi connectivity index (χ0) is 18.1. The number of aromatic amines is 1. The molecule has 0 saturated heterocycles. The first-order valence-electron chi connectivity index (χ1n) is 8.49. The molecular weight excluding hydrogens is 370 g/mol. The molecule has 0 saturated carbocycles. The summed E-state index contributed by atoms with van der Waals surface area (Å²) in [6.45, 7) is 0.453. The Bertz CT molecular complexity index is 991. The molecule has 1 N–H and O–H groups in total. The molecule has 3 heterocycles. The summed E-state index contributed by atoms with van der Waals surface area (Å²) in [4.78, 5) is 35.9. The molecule has 4 rings (SSSR count). The van der Waals surface area contributed by atoms with Crippen LogP contribution in [0.25, 0.3) is 10.2 Å². The summed E-state index contributed by atoms with van der Waals surface area (Å²) in [6, 6.07) is 3.65. The number of furan rings is 1. The lowest BCUT2D eigenvalue weighted by atomic mass is 10.2. The van der Waals surface area contributed by atoms with Crippen LogP contribution in [0.2, 0.25) is 0 Å². The molecule has 8 heteroatoms. The van der Waals surface area contributed by atoms with Gasteiger partial charge in [0.05, 0.1) is 29.7 Å². The molecule has 0 spiro atoms. The molecular formula is C18H19N3O3S2. The van der Waals surface area contributed by atoms with Gasteiger partial charge in [-0.25, -0.2) is 4.98 Å². The predicted octanol–water partition coefficient (Wildman–Crippen LogP) is 2.96. The maximum atomic E-state index is 12.4. The largest absolute Gasteiger partial charge is 0.467 e. The van der Waals surface area contributed by atoms with Crippen molar-refractivity contribution < 1.29 is 9.21 Å². The van der Waals surface area contributed by atoms with E-state index in [1.165, 1.54) is 22.2 Å². The van der Waals surface area contributed by atoms with Crippen molar-refractivity contribution in [2.24, 2.45) is 0 Å². The van der Waals surface area contributed by atoms with Crippen molar-refractivity contribution in [1.29, 1.82) is 0 Å². The van der Waals surface area contributed by atoms with Crippen molar-refractivity contribution in [2.45, 2.75) is 31.6 Å². The number of thiophene rings is 1. The van der Waals surface area contributed by atoms with Gasteiger partial charge in [-0.1, -0.05) is 0 Å². The van der Waals surface area contributed by atoms with Gasteiger partial charge in [0.2, 0.25) is 5.91 Å². The van der Waals surface area contributed by atoms with Crippen molar-refractivity contribution in [1.82, 2.24) is 14.9 Å². The summed E-state index contributed by atoms with van der Waals surface area (Å²) in [5.41, 5.74) is 1.14. The fraction of sp³-hybridized carbons (Fsp3) is 0.389. The van der Waals surface area contributed by atoms with E-state index >= 15 is 0 Å². The minimum atomic E-state index is -0.0498. The van der Waals surface area contributed by atoms with Gasteiger partial charge in [-0.2, -0.15) is 0 Å². The maximum absolute atomic E-state index is 12.4. The zero-order valence-corrected chi connectivity index (χ0v) is 16.0. The van der Waals surface area contributed by atoms with E-state index in [2.05, 4.69) is 9.97 Å². The Kier molecular flexibility index (Phi) is 4.86. The number of aryl methyl sites for hydroxylation is 2. The van der Waals surface area contributed by atoms with Crippen LogP contribution >= 0.6 is 23.1 Å². The number of carbonyl (C=O) groups excluding carboxylic acids is 1. The van der Waals surface area contributed by atoms with Gasteiger partial charge in [0, 0.05) is 11.9 Å². The molecule has 0 aromatic carbocycles. The number of hydrogen-bond acceptors (Lipinski definition) is 6. The average molecular weight is 390 g/mol. The van der Waals surface area contributed by atoms with E-state index < -0.39 is 0 Å². The van der Waals surface area contributed by atoms with Gasteiger partial charge in [0.15, 0.2) is 0 Å². The number of nitrogens with zero attached hydrogens (tertiary/aromatic N) is 2. The van der Waals surface area contributed by atoms with Gasteiger partial charge in [-0.3, -0.25) is 9.59 Å². The molecule has 0 radical (unpaired) electrons. The number of H-pyrrole nitrogens is 1. The Morgan fingerprint density at radius 2 is 2.35 bits per heavy atom. The maximum Gasteiger partial charge on any atom is 0.259 e. The summed E-state index contributed by atoms with van der Waals surface area (Å²) >= 11 is 3.09. The number of nitrogens with one attached hydrogen (secondary N) is 1. The Labute approximate surface area is 158 Å². The molecule has 1 amide bonds. The lowest BCUT2D eigenvalue weighted by Gasteiger charge is -2.15. The molecule has 0 aliphatic heterocycles. The second-order valence-electron chi connectivity index (χ2n) is 6.37. The monoisotopic (exact) mass is 389 g/mol. The lowest BCUT2D eigenvalue weighted by Crippen LogP contribution is -2.27. The quantitative estimate of drug-likeness (QED) is 0.701. The number of thioether (sulfide) groups is 1. The van der Waals surface area contributed by atoms with E-state index in [-0.39, 0.29) is 11.5 Å². The van der Waals surface area contributed by atoms with Crippen LogP contribution in [0, 0.1) is 0 Å². The number of rotatable bonds is 6. The average Bonchev–Trinajstić information content (AvgIpc) is 3.31. The van der Waals surface area contributed by atoms with Crippen LogP contribution in [-0.4, -0.2) is 33.6 Å². The van der Waals surface area contributed by atoms with E-state index in [1.54, 1.807) is 35.6 Å². The molecule has 3 aromatic heterocycles. The third kappa shape index (κ3) is 3.43. The molecule has 26 heavy (non-hydrogen) atoms. The SMILES string of the molecule is CN(Cc1ccco1)C(=O)CSCc1nc2sc3c(c2c(=O)[nH]1)CCC3. The third-order valence-electron chi connectivity index (χ3n) is 4.49. The summed E-state index contributed by atoms with van der Waals surface area (Å²) in [6.07, 6.45) is 4.75. The van der Waals surface area contributed by atoms with Crippen molar-refractivity contribution >= 4 is 39.2 Å². The molecule has 136 valence electrons. The molecule has 1 aliphatic carbocycles. The van der Waals surface area contributed by atoms with E-state index in [0.29, 0.717) is 23.9 Å². The number of carbonyl (C=O) groups is 1. The Balaban J connectivity index is 1.37. The third-order valence-corrected chi connectivity index (χ3v) is 6.60. The first-order valence-corrected chi connectivity index (χ1v) is 10.5. The zero-order valence-electron chi connectivity index (χ0n) is 14.4. The molecule has 0 unspecified atom stereocenters. The van der Waals surface area contributed by atoms with E-state index in [4.69, 9.17) is 4.42 Å². The molecule has 3 aromatic rings. The number of hydrogen-bond donors (Lipinski definition) is 1.